The number of hydrogen-bond acceptors (Lipinski definition) is 6. The number of ether oxygens (including phenoxy) is 1. The number of amides is 1. The van der Waals surface area contributed by atoms with E-state index >= 15 is 0 Å². The molecule has 0 bridgehead atoms. The lowest BCUT2D eigenvalue weighted by molar-refractivity contribution is -0.384. The van der Waals surface area contributed by atoms with Crippen LogP contribution >= 0.6 is 0 Å². The minimum Gasteiger partial charge on any atom is -0.495 e. The number of aryl methyl sites for hydroxylation is 1. The summed E-state index contributed by atoms with van der Waals surface area (Å²) in [6.07, 6.45) is 2.27. The van der Waals surface area contributed by atoms with E-state index in [-0.39, 0.29) is 48.5 Å². The number of nitro groups is 1. The summed E-state index contributed by atoms with van der Waals surface area (Å²) in [6.45, 7) is 3.93. The van der Waals surface area contributed by atoms with Crippen LogP contribution in [0.3, 0.4) is 0 Å². The fraction of sp³-hybridized carbons (Fsp3) is 0.409. The third kappa shape index (κ3) is 6.68. The standard InChI is InChI=1S/C22H29N3O6S/c1-5-17-8-10-18(11-9-17)16(2)23-22(26)7-6-14-24(32(4,29)30)20-15-19(25(27)28)12-13-21(20)31-3/h8-13,15-16H,5-7,14H2,1-4H3,(H,23,26)/t16-/m0/s1. The molecule has 0 aliphatic heterocycles. The van der Waals surface area contributed by atoms with Gasteiger partial charge in [0, 0.05) is 25.1 Å². The Labute approximate surface area is 188 Å². The molecular weight excluding hydrogens is 434 g/mol. The monoisotopic (exact) mass is 463 g/mol. The maximum atomic E-state index is 12.4. The Balaban J connectivity index is 2.06. The molecule has 1 atom stereocenters. The van der Waals surface area contributed by atoms with Crippen LogP contribution in [0, 0.1) is 10.1 Å². The van der Waals surface area contributed by atoms with Crippen LogP contribution in [0.2, 0.25) is 0 Å². The van der Waals surface area contributed by atoms with Gasteiger partial charge in [-0.3, -0.25) is 19.2 Å². The van der Waals surface area contributed by atoms with Gasteiger partial charge in [-0.25, -0.2) is 8.42 Å². The summed E-state index contributed by atoms with van der Waals surface area (Å²) < 4.78 is 31.0. The quantitative estimate of drug-likeness (QED) is 0.402. The third-order valence-corrected chi connectivity index (χ3v) is 6.25. The first kappa shape index (κ1) is 25.1. The summed E-state index contributed by atoms with van der Waals surface area (Å²) in [5, 5.41) is 14.0. The Morgan fingerprint density at radius 2 is 1.88 bits per heavy atom. The number of hydrogen-bond donors (Lipinski definition) is 1. The lowest BCUT2D eigenvalue weighted by atomic mass is 10.0. The summed E-state index contributed by atoms with van der Waals surface area (Å²) in [4.78, 5) is 22.9. The van der Waals surface area contributed by atoms with Gasteiger partial charge in [0.25, 0.3) is 5.69 Å². The number of benzene rings is 2. The first-order valence-corrected chi connectivity index (χ1v) is 12.1. The maximum Gasteiger partial charge on any atom is 0.271 e. The van der Waals surface area contributed by atoms with Gasteiger partial charge in [-0.2, -0.15) is 0 Å². The number of sulfonamides is 1. The minimum absolute atomic E-state index is 0.0244. The van der Waals surface area contributed by atoms with Crippen molar-refractivity contribution in [1.82, 2.24) is 5.32 Å². The van der Waals surface area contributed by atoms with E-state index in [1.54, 1.807) is 0 Å². The normalized spacial score (nSPS) is 12.1. The van der Waals surface area contributed by atoms with Crippen molar-refractivity contribution in [3.05, 3.63) is 63.7 Å². The molecule has 32 heavy (non-hydrogen) atoms. The largest absolute Gasteiger partial charge is 0.495 e. The molecule has 0 aliphatic rings. The molecule has 9 nitrogen and oxygen atoms in total. The number of carbonyl (C=O) groups excluding carboxylic acids is 1. The fourth-order valence-electron chi connectivity index (χ4n) is 3.27. The van der Waals surface area contributed by atoms with Gasteiger partial charge in [-0.15, -0.1) is 0 Å². The van der Waals surface area contributed by atoms with Gasteiger partial charge in [0.05, 0.1) is 24.3 Å². The molecule has 1 N–H and O–H groups in total. The van der Waals surface area contributed by atoms with E-state index in [2.05, 4.69) is 12.2 Å². The SMILES string of the molecule is CCc1ccc([C@H](C)NC(=O)CCCN(c2cc([N+](=O)[O-])ccc2OC)S(C)(=O)=O)cc1. The van der Waals surface area contributed by atoms with Crippen LogP contribution in [0.25, 0.3) is 0 Å². The van der Waals surface area contributed by atoms with E-state index in [1.165, 1.54) is 24.8 Å². The van der Waals surface area contributed by atoms with E-state index in [4.69, 9.17) is 4.74 Å². The number of nitrogens with one attached hydrogen (secondary N) is 1. The number of carbonyl (C=O) groups is 1. The summed E-state index contributed by atoms with van der Waals surface area (Å²) >= 11 is 0. The first-order chi connectivity index (χ1) is 15.1. The molecule has 0 aromatic heterocycles. The highest BCUT2D eigenvalue weighted by Crippen LogP contribution is 2.33. The molecule has 0 saturated heterocycles. The molecular formula is C22H29N3O6S. The second-order valence-corrected chi connectivity index (χ2v) is 9.34. The highest BCUT2D eigenvalue weighted by molar-refractivity contribution is 7.92. The van der Waals surface area contributed by atoms with E-state index < -0.39 is 14.9 Å². The molecule has 10 heteroatoms. The van der Waals surface area contributed by atoms with Crippen LogP contribution in [-0.4, -0.2) is 39.2 Å². The Hall–Kier alpha value is -3.14. The van der Waals surface area contributed by atoms with Crippen LogP contribution in [0.5, 0.6) is 5.75 Å². The number of rotatable bonds is 11. The number of nitrogens with zero attached hydrogens (tertiary/aromatic N) is 2. The molecule has 0 heterocycles. The Morgan fingerprint density at radius 1 is 1.22 bits per heavy atom. The predicted octanol–water partition coefficient (Wildman–Crippen LogP) is 3.59. The van der Waals surface area contributed by atoms with Gasteiger partial charge in [-0.05, 0) is 37.0 Å². The number of methoxy groups -OCH3 is 1. The van der Waals surface area contributed by atoms with E-state index in [1.807, 2.05) is 31.2 Å². The lowest BCUT2D eigenvalue weighted by Gasteiger charge is -2.24. The number of non-ortho nitro benzene ring substituents is 1. The molecule has 2 aromatic rings. The van der Waals surface area contributed by atoms with Crippen molar-refractivity contribution in [2.45, 2.75) is 39.2 Å². The molecule has 0 fully saturated rings. The molecule has 0 unspecified atom stereocenters. The molecule has 0 aliphatic carbocycles. The summed E-state index contributed by atoms with van der Waals surface area (Å²) in [5.74, 6) is -0.0221. The van der Waals surface area contributed by atoms with Crippen molar-refractivity contribution < 1.29 is 22.9 Å². The second-order valence-electron chi connectivity index (χ2n) is 7.44. The minimum atomic E-state index is -3.76. The zero-order valence-electron chi connectivity index (χ0n) is 18.7. The zero-order chi connectivity index (χ0) is 23.9. The number of anilines is 1. The molecule has 2 aromatic carbocycles. The highest BCUT2D eigenvalue weighted by Gasteiger charge is 2.24. The molecule has 0 saturated carbocycles. The number of nitro benzene ring substituents is 1. The van der Waals surface area contributed by atoms with Gasteiger partial charge in [0.2, 0.25) is 15.9 Å². The average molecular weight is 464 g/mol. The molecule has 0 spiro atoms. The van der Waals surface area contributed by atoms with E-state index in [9.17, 15) is 23.3 Å². The van der Waals surface area contributed by atoms with E-state index in [0.717, 1.165) is 28.6 Å². The van der Waals surface area contributed by atoms with Gasteiger partial charge in [-0.1, -0.05) is 31.2 Å². The molecule has 0 radical (unpaired) electrons. The van der Waals surface area contributed by atoms with Gasteiger partial charge >= 0.3 is 0 Å². The van der Waals surface area contributed by atoms with Crippen LogP contribution in [-0.2, 0) is 21.2 Å². The zero-order valence-corrected chi connectivity index (χ0v) is 19.5. The van der Waals surface area contributed by atoms with Crippen molar-refractivity contribution in [3.63, 3.8) is 0 Å². The average Bonchev–Trinajstić information content (AvgIpc) is 2.75. The maximum absolute atomic E-state index is 12.4. The Morgan fingerprint density at radius 3 is 2.41 bits per heavy atom. The van der Waals surface area contributed by atoms with Crippen LogP contribution in [0.1, 0.15) is 43.9 Å². The smallest absolute Gasteiger partial charge is 0.271 e. The Kier molecular flexibility index (Phi) is 8.59. The Bertz CT molecular complexity index is 1050. The van der Waals surface area contributed by atoms with Gasteiger partial charge < -0.3 is 10.1 Å². The van der Waals surface area contributed by atoms with Crippen LogP contribution in [0.4, 0.5) is 11.4 Å². The van der Waals surface area contributed by atoms with Crippen LogP contribution < -0.4 is 14.4 Å². The van der Waals surface area contributed by atoms with Gasteiger partial charge in [0.15, 0.2) is 0 Å². The second kappa shape index (κ2) is 10.9. The molecule has 2 rings (SSSR count). The predicted molar refractivity (Wildman–Crippen MR) is 123 cm³/mol. The van der Waals surface area contributed by atoms with Crippen LogP contribution in [0.15, 0.2) is 42.5 Å². The summed E-state index contributed by atoms with van der Waals surface area (Å²) in [6, 6.07) is 11.6. The summed E-state index contributed by atoms with van der Waals surface area (Å²) in [5.41, 5.74) is 2.00. The fourth-order valence-corrected chi connectivity index (χ4v) is 4.23. The summed E-state index contributed by atoms with van der Waals surface area (Å²) in [7, 11) is -2.41. The van der Waals surface area contributed by atoms with Gasteiger partial charge in [0.1, 0.15) is 11.4 Å². The van der Waals surface area contributed by atoms with Crippen molar-refractivity contribution in [2.24, 2.45) is 0 Å². The van der Waals surface area contributed by atoms with Crippen molar-refractivity contribution >= 4 is 27.3 Å². The van der Waals surface area contributed by atoms with Crippen molar-refractivity contribution in [2.75, 3.05) is 24.2 Å². The highest BCUT2D eigenvalue weighted by atomic mass is 32.2. The molecule has 174 valence electrons. The van der Waals surface area contributed by atoms with Crippen molar-refractivity contribution in [1.29, 1.82) is 0 Å². The first-order valence-electron chi connectivity index (χ1n) is 10.2. The third-order valence-electron chi connectivity index (χ3n) is 5.07. The topological polar surface area (TPSA) is 119 Å². The molecule has 1 amide bonds. The lowest BCUT2D eigenvalue weighted by Crippen LogP contribution is -2.33. The van der Waals surface area contributed by atoms with E-state index in [0.29, 0.717) is 0 Å². The van der Waals surface area contributed by atoms with Crippen molar-refractivity contribution in [3.8, 4) is 5.75 Å².